The zero-order valence-electron chi connectivity index (χ0n) is 14.7. The highest BCUT2D eigenvalue weighted by atomic mass is 16.6. The van der Waals surface area contributed by atoms with Crippen molar-refractivity contribution in [2.45, 2.75) is 19.8 Å². The molecule has 0 radical (unpaired) electrons. The summed E-state index contributed by atoms with van der Waals surface area (Å²) in [5.41, 5.74) is 8.07. The van der Waals surface area contributed by atoms with E-state index in [0.717, 1.165) is 18.4 Å². The largest absolute Gasteiger partial charge is 0.379 e. The predicted octanol–water partition coefficient (Wildman–Crippen LogP) is 2.43. The monoisotopic (exact) mass is 345 g/mol. The van der Waals surface area contributed by atoms with Crippen LogP contribution in [-0.4, -0.2) is 72.6 Å². The molecule has 8 nitrogen and oxygen atoms in total. The van der Waals surface area contributed by atoms with Gasteiger partial charge in [-0.25, -0.2) is 0 Å². The molecule has 140 valence electrons. The Balaban J connectivity index is 1.64. The Kier molecular flexibility index (Phi) is 13.8. The number of ether oxygens (including phenoxy) is 5. The van der Waals surface area contributed by atoms with Crippen molar-refractivity contribution in [3.05, 3.63) is 10.4 Å². The van der Waals surface area contributed by atoms with Crippen LogP contribution in [0, 0.1) is 11.8 Å². The van der Waals surface area contributed by atoms with E-state index in [2.05, 4.69) is 16.9 Å². The Labute approximate surface area is 144 Å². The van der Waals surface area contributed by atoms with Crippen molar-refractivity contribution in [3.63, 3.8) is 0 Å². The first-order valence-electron chi connectivity index (χ1n) is 8.72. The van der Waals surface area contributed by atoms with Gasteiger partial charge in [0, 0.05) is 18.1 Å². The van der Waals surface area contributed by atoms with Crippen LogP contribution in [0.25, 0.3) is 10.4 Å². The maximum Gasteiger partial charge on any atom is 0.0701 e. The molecule has 0 aromatic heterocycles. The van der Waals surface area contributed by atoms with Crippen LogP contribution in [0.3, 0.4) is 0 Å². The second kappa shape index (κ2) is 15.6. The smallest absolute Gasteiger partial charge is 0.0701 e. The fraction of sp³-hybridized carbons (Fsp3) is 1.00. The van der Waals surface area contributed by atoms with Crippen LogP contribution in [0.4, 0.5) is 0 Å². The molecule has 1 aliphatic carbocycles. The van der Waals surface area contributed by atoms with Gasteiger partial charge in [0.05, 0.1) is 59.5 Å². The third-order valence-electron chi connectivity index (χ3n) is 3.71. The van der Waals surface area contributed by atoms with E-state index in [4.69, 9.17) is 29.2 Å². The molecule has 0 spiro atoms. The lowest BCUT2D eigenvalue weighted by molar-refractivity contribution is -0.0188. The summed E-state index contributed by atoms with van der Waals surface area (Å²) >= 11 is 0. The van der Waals surface area contributed by atoms with Gasteiger partial charge in [0.2, 0.25) is 0 Å². The topological polar surface area (TPSA) is 94.9 Å². The van der Waals surface area contributed by atoms with Crippen molar-refractivity contribution in [1.82, 2.24) is 0 Å². The summed E-state index contributed by atoms with van der Waals surface area (Å²) in [6.07, 6.45) is 2.61. The first-order chi connectivity index (χ1) is 11.8. The van der Waals surface area contributed by atoms with E-state index in [1.54, 1.807) is 0 Å². The third kappa shape index (κ3) is 12.5. The lowest BCUT2D eigenvalue weighted by Gasteiger charge is -2.32. The average Bonchev–Trinajstić information content (AvgIpc) is 2.55. The predicted molar refractivity (Wildman–Crippen MR) is 90.0 cm³/mol. The van der Waals surface area contributed by atoms with Crippen LogP contribution in [-0.2, 0) is 23.7 Å². The highest BCUT2D eigenvalue weighted by Gasteiger charge is 2.24. The number of rotatable bonds is 17. The second-order valence-corrected chi connectivity index (χ2v) is 5.92. The van der Waals surface area contributed by atoms with Gasteiger partial charge in [-0.1, -0.05) is 12.0 Å². The molecule has 24 heavy (non-hydrogen) atoms. The molecule has 0 aromatic rings. The van der Waals surface area contributed by atoms with Crippen LogP contribution < -0.4 is 0 Å². The van der Waals surface area contributed by atoms with E-state index in [1.807, 2.05) is 0 Å². The minimum absolute atomic E-state index is 0.352. The fourth-order valence-corrected chi connectivity index (χ4v) is 2.48. The Morgan fingerprint density at radius 1 is 0.792 bits per heavy atom. The van der Waals surface area contributed by atoms with Crippen LogP contribution in [0.15, 0.2) is 5.11 Å². The zero-order chi connectivity index (χ0) is 17.3. The molecule has 0 atom stereocenters. The van der Waals surface area contributed by atoms with Gasteiger partial charge in [0.25, 0.3) is 0 Å². The highest BCUT2D eigenvalue weighted by molar-refractivity contribution is 4.75. The molecule has 1 rings (SSSR count). The van der Waals surface area contributed by atoms with Gasteiger partial charge in [-0.15, -0.1) is 0 Å². The van der Waals surface area contributed by atoms with Crippen molar-refractivity contribution in [1.29, 1.82) is 0 Å². The zero-order valence-corrected chi connectivity index (χ0v) is 14.7. The molecular weight excluding hydrogens is 314 g/mol. The molecule has 0 bridgehead atoms. The highest BCUT2D eigenvalue weighted by Crippen LogP contribution is 2.32. The van der Waals surface area contributed by atoms with Gasteiger partial charge in [-0.3, -0.25) is 0 Å². The molecule has 1 fully saturated rings. The van der Waals surface area contributed by atoms with Crippen LogP contribution >= 0.6 is 0 Å². The van der Waals surface area contributed by atoms with E-state index in [9.17, 15) is 0 Å². The standard InChI is InChI=1S/C16H31N3O5/c1-15-12-16(13-15)14-24-11-10-23-9-8-22-7-6-21-5-4-20-3-2-18-19-17/h15-16H,2-14H2,1H3. The summed E-state index contributed by atoms with van der Waals surface area (Å²) in [5, 5.41) is 3.36. The van der Waals surface area contributed by atoms with Crippen molar-refractivity contribution in [3.8, 4) is 0 Å². The van der Waals surface area contributed by atoms with Gasteiger partial charge < -0.3 is 23.7 Å². The lowest BCUT2D eigenvalue weighted by Crippen LogP contribution is -2.26. The first-order valence-corrected chi connectivity index (χ1v) is 8.72. The Hall–Kier alpha value is -0.890. The van der Waals surface area contributed by atoms with E-state index in [-0.39, 0.29) is 0 Å². The molecule has 0 saturated heterocycles. The van der Waals surface area contributed by atoms with Crippen LogP contribution in [0.5, 0.6) is 0 Å². The van der Waals surface area contributed by atoms with Gasteiger partial charge >= 0.3 is 0 Å². The van der Waals surface area contributed by atoms with Gasteiger partial charge in [-0.05, 0) is 30.2 Å². The normalized spacial score (nSPS) is 19.7. The number of hydrogen-bond donors (Lipinski definition) is 0. The quantitative estimate of drug-likeness (QED) is 0.175. The van der Waals surface area contributed by atoms with Gasteiger partial charge in [-0.2, -0.15) is 0 Å². The minimum atomic E-state index is 0.352. The van der Waals surface area contributed by atoms with Crippen molar-refractivity contribution in [2.24, 2.45) is 17.0 Å². The molecule has 0 aromatic carbocycles. The molecular formula is C16H31N3O5. The van der Waals surface area contributed by atoms with Crippen LogP contribution in [0.1, 0.15) is 19.8 Å². The van der Waals surface area contributed by atoms with Gasteiger partial charge in [0.1, 0.15) is 0 Å². The Bertz CT molecular complexity index is 334. The summed E-state index contributed by atoms with van der Waals surface area (Å²) in [5.74, 6) is 1.65. The first kappa shape index (κ1) is 21.2. The summed E-state index contributed by atoms with van der Waals surface area (Å²) in [4.78, 5) is 2.63. The summed E-state index contributed by atoms with van der Waals surface area (Å²) < 4.78 is 26.9. The molecule has 0 unspecified atom stereocenters. The van der Waals surface area contributed by atoms with Crippen molar-refractivity contribution >= 4 is 0 Å². The van der Waals surface area contributed by atoms with Crippen LogP contribution in [0.2, 0.25) is 0 Å². The molecule has 0 N–H and O–H groups in total. The SMILES string of the molecule is CC1CC(COCCOCCOCCOCCOCCN=[N+]=[N-])C1. The minimum Gasteiger partial charge on any atom is -0.379 e. The maximum absolute atomic E-state index is 8.07. The second-order valence-electron chi connectivity index (χ2n) is 5.92. The number of azide groups is 1. The Morgan fingerprint density at radius 2 is 1.25 bits per heavy atom. The molecule has 8 heteroatoms. The Morgan fingerprint density at radius 3 is 1.71 bits per heavy atom. The summed E-state index contributed by atoms with van der Waals surface area (Å²) in [6.45, 7) is 8.42. The molecule has 1 saturated carbocycles. The van der Waals surface area contributed by atoms with Crippen molar-refractivity contribution < 1.29 is 23.7 Å². The third-order valence-corrected chi connectivity index (χ3v) is 3.71. The molecule has 1 aliphatic rings. The molecule has 0 amide bonds. The summed E-state index contributed by atoms with van der Waals surface area (Å²) in [6, 6.07) is 0. The summed E-state index contributed by atoms with van der Waals surface area (Å²) in [7, 11) is 0. The average molecular weight is 345 g/mol. The van der Waals surface area contributed by atoms with E-state index >= 15 is 0 Å². The van der Waals surface area contributed by atoms with Gasteiger partial charge in [0.15, 0.2) is 0 Å². The van der Waals surface area contributed by atoms with E-state index in [1.165, 1.54) is 12.8 Å². The maximum atomic E-state index is 8.07. The number of nitrogens with zero attached hydrogens (tertiary/aromatic N) is 3. The van der Waals surface area contributed by atoms with E-state index < -0.39 is 0 Å². The van der Waals surface area contributed by atoms with E-state index in [0.29, 0.717) is 66.0 Å². The number of hydrogen-bond acceptors (Lipinski definition) is 6. The van der Waals surface area contributed by atoms with Crippen molar-refractivity contribution in [2.75, 3.05) is 72.6 Å². The molecule has 0 aliphatic heterocycles. The lowest BCUT2D eigenvalue weighted by atomic mass is 9.77. The fourth-order valence-electron chi connectivity index (χ4n) is 2.48. The molecule has 0 heterocycles.